The highest BCUT2D eigenvalue weighted by atomic mass is 19.4. The number of nitriles is 1. The molecule has 0 bridgehead atoms. The Bertz CT molecular complexity index is 269. The van der Waals surface area contributed by atoms with Crippen molar-refractivity contribution in [2.75, 3.05) is 6.54 Å². The first-order valence-electron chi connectivity index (χ1n) is 5.62. The summed E-state index contributed by atoms with van der Waals surface area (Å²) in [6, 6.07) is 1.73. The zero-order chi connectivity index (χ0) is 12.3. The van der Waals surface area contributed by atoms with E-state index in [9.17, 15) is 13.2 Å². The molecule has 0 aromatic rings. The Morgan fingerprint density at radius 1 is 1.44 bits per heavy atom. The van der Waals surface area contributed by atoms with Crippen molar-refractivity contribution in [1.82, 2.24) is 4.90 Å². The van der Waals surface area contributed by atoms with Gasteiger partial charge in [0, 0.05) is 18.6 Å². The highest BCUT2D eigenvalue weighted by molar-refractivity contribution is 4.94. The monoisotopic (exact) mass is 234 g/mol. The highest BCUT2D eigenvalue weighted by Gasteiger charge is 2.43. The minimum atomic E-state index is -4.41. The van der Waals surface area contributed by atoms with E-state index in [-0.39, 0.29) is 18.6 Å². The molecular formula is C11H17F3N2. The molecule has 1 saturated heterocycles. The maximum atomic E-state index is 12.5. The molecule has 3 atom stereocenters. The Labute approximate surface area is 94.0 Å². The molecule has 1 aliphatic rings. The summed E-state index contributed by atoms with van der Waals surface area (Å²) in [5.41, 5.74) is 0. The molecule has 0 radical (unpaired) electrons. The van der Waals surface area contributed by atoms with Gasteiger partial charge in [-0.2, -0.15) is 18.4 Å². The van der Waals surface area contributed by atoms with E-state index in [2.05, 4.69) is 0 Å². The van der Waals surface area contributed by atoms with Crippen LogP contribution in [0.2, 0.25) is 0 Å². The third kappa shape index (κ3) is 2.88. The van der Waals surface area contributed by atoms with Crippen molar-refractivity contribution in [3.8, 4) is 6.07 Å². The number of hydrogen-bond acceptors (Lipinski definition) is 2. The molecule has 0 saturated carbocycles. The first-order chi connectivity index (χ1) is 7.40. The largest absolute Gasteiger partial charge is 0.405 e. The molecule has 3 unspecified atom stereocenters. The van der Waals surface area contributed by atoms with Crippen LogP contribution in [-0.2, 0) is 0 Å². The second-order valence-corrected chi connectivity index (χ2v) is 4.41. The van der Waals surface area contributed by atoms with Crippen molar-refractivity contribution in [3.63, 3.8) is 0 Å². The Kier molecular flexibility index (Phi) is 4.20. The molecule has 92 valence electrons. The van der Waals surface area contributed by atoms with Gasteiger partial charge in [0.05, 0.1) is 6.07 Å². The van der Waals surface area contributed by atoms with Crippen LogP contribution in [0.3, 0.4) is 0 Å². The smallest absolute Gasteiger partial charge is 0.296 e. The van der Waals surface area contributed by atoms with E-state index in [0.29, 0.717) is 0 Å². The summed E-state index contributed by atoms with van der Waals surface area (Å²) in [4.78, 5) is 1.83. The van der Waals surface area contributed by atoms with Gasteiger partial charge in [0.2, 0.25) is 0 Å². The number of halogens is 3. The third-order valence-corrected chi connectivity index (χ3v) is 3.37. The maximum absolute atomic E-state index is 12.5. The fourth-order valence-corrected chi connectivity index (χ4v) is 2.32. The van der Waals surface area contributed by atoms with Crippen LogP contribution in [0.1, 0.15) is 33.1 Å². The van der Waals surface area contributed by atoms with Gasteiger partial charge < -0.3 is 0 Å². The van der Waals surface area contributed by atoms with Crippen LogP contribution in [-0.4, -0.2) is 29.7 Å². The molecule has 2 nitrogen and oxygen atoms in total. The predicted octanol–water partition coefficient (Wildman–Crippen LogP) is 2.95. The van der Waals surface area contributed by atoms with E-state index >= 15 is 0 Å². The molecule has 0 N–H and O–H groups in total. The molecule has 0 spiro atoms. The summed E-state index contributed by atoms with van der Waals surface area (Å²) in [5, 5.41) is 8.57. The zero-order valence-electron chi connectivity index (χ0n) is 9.59. The molecule has 1 aliphatic heterocycles. The van der Waals surface area contributed by atoms with Crippen LogP contribution in [0.15, 0.2) is 0 Å². The van der Waals surface area contributed by atoms with E-state index in [1.165, 1.54) is 6.07 Å². The molecule has 0 aliphatic carbocycles. The summed E-state index contributed by atoms with van der Waals surface area (Å²) in [7, 11) is 0. The van der Waals surface area contributed by atoms with Gasteiger partial charge in [-0.05, 0) is 26.2 Å². The van der Waals surface area contributed by atoms with Crippen LogP contribution in [0.5, 0.6) is 0 Å². The SMILES string of the molecule is CCC1CCC(C)N1CC(C#N)C(F)(F)F. The topological polar surface area (TPSA) is 27.0 Å². The number of alkyl halides is 3. The van der Waals surface area contributed by atoms with Gasteiger partial charge in [-0.25, -0.2) is 0 Å². The van der Waals surface area contributed by atoms with Gasteiger partial charge >= 0.3 is 6.18 Å². The molecule has 1 rings (SSSR count). The van der Waals surface area contributed by atoms with Gasteiger partial charge in [0.1, 0.15) is 0 Å². The number of hydrogen-bond donors (Lipinski definition) is 0. The summed E-state index contributed by atoms with van der Waals surface area (Å²) in [6.45, 7) is 3.73. The lowest BCUT2D eigenvalue weighted by Gasteiger charge is -2.30. The number of rotatable bonds is 3. The lowest BCUT2D eigenvalue weighted by atomic mass is 10.1. The second-order valence-electron chi connectivity index (χ2n) is 4.41. The van der Waals surface area contributed by atoms with Crippen molar-refractivity contribution in [3.05, 3.63) is 0 Å². The van der Waals surface area contributed by atoms with Gasteiger partial charge in [-0.3, -0.25) is 4.90 Å². The van der Waals surface area contributed by atoms with Crippen LogP contribution >= 0.6 is 0 Å². The number of likely N-dealkylation sites (tertiary alicyclic amines) is 1. The molecule has 1 heterocycles. The first kappa shape index (κ1) is 13.3. The van der Waals surface area contributed by atoms with E-state index in [0.717, 1.165) is 19.3 Å². The summed E-state index contributed by atoms with van der Waals surface area (Å²) in [6.07, 6.45) is -1.70. The standard InChI is InChI=1S/C11H17F3N2/c1-3-10-5-4-8(2)16(10)7-9(6-15)11(12,13)14/h8-10H,3-5,7H2,1-2H3. The minimum absolute atomic E-state index is 0.156. The average Bonchev–Trinajstić information content (AvgIpc) is 2.54. The highest BCUT2D eigenvalue weighted by Crippen LogP contribution is 2.32. The summed E-state index contributed by atoms with van der Waals surface area (Å²) >= 11 is 0. The lowest BCUT2D eigenvalue weighted by Crippen LogP contribution is -2.41. The normalized spacial score (nSPS) is 29.0. The van der Waals surface area contributed by atoms with Crippen molar-refractivity contribution < 1.29 is 13.2 Å². The fourth-order valence-electron chi connectivity index (χ4n) is 2.32. The van der Waals surface area contributed by atoms with Crippen molar-refractivity contribution >= 4 is 0 Å². The van der Waals surface area contributed by atoms with Gasteiger partial charge in [-0.1, -0.05) is 6.92 Å². The van der Waals surface area contributed by atoms with E-state index in [1.807, 2.05) is 18.7 Å². The molecule has 0 aromatic heterocycles. The van der Waals surface area contributed by atoms with Crippen molar-refractivity contribution in [2.45, 2.75) is 51.4 Å². The van der Waals surface area contributed by atoms with Gasteiger partial charge in [0.15, 0.2) is 5.92 Å². The quantitative estimate of drug-likeness (QED) is 0.750. The Hall–Kier alpha value is -0.760. The molecular weight excluding hydrogens is 217 g/mol. The van der Waals surface area contributed by atoms with Crippen LogP contribution in [0, 0.1) is 17.2 Å². The Morgan fingerprint density at radius 3 is 2.50 bits per heavy atom. The van der Waals surface area contributed by atoms with E-state index in [1.54, 1.807) is 0 Å². The number of nitrogens with zero attached hydrogens (tertiary/aromatic N) is 2. The predicted molar refractivity (Wildman–Crippen MR) is 54.6 cm³/mol. The second kappa shape index (κ2) is 5.05. The van der Waals surface area contributed by atoms with Gasteiger partial charge in [-0.15, -0.1) is 0 Å². The van der Waals surface area contributed by atoms with Crippen LogP contribution in [0.25, 0.3) is 0 Å². The van der Waals surface area contributed by atoms with Crippen LogP contribution < -0.4 is 0 Å². The lowest BCUT2D eigenvalue weighted by molar-refractivity contribution is -0.164. The third-order valence-electron chi connectivity index (χ3n) is 3.37. The summed E-state index contributed by atoms with van der Waals surface area (Å²) in [5.74, 6) is -1.86. The van der Waals surface area contributed by atoms with E-state index in [4.69, 9.17) is 5.26 Å². The van der Waals surface area contributed by atoms with Gasteiger partial charge in [0.25, 0.3) is 0 Å². The molecule has 0 aromatic carbocycles. The maximum Gasteiger partial charge on any atom is 0.405 e. The first-order valence-corrected chi connectivity index (χ1v) is 5.62. The summed E-state index contributed by atoms with van der Waals surface area (Å²) < 4.78 is 37.4. The van der Waals surface area contributed by atoms with Crippen molar-refractivity contribution in [2.24, 2.45) is 5.92 Å². The van der Waals surface area contributed by atoms with Crippen LogP contribution in [0.4, 0.5) is 13.2 Å². The zero-order valence-corrected chi connectivity index (χ0v) is 9.59. The van der Waals surface area contributed by atoms with E-state index < -0.39 is 12.1 Å². The fraction of sp³-hybridized carbons (Fsp3) is 0.909. The molecule has 16 heavy (non-hydrogen) atoms. The molecule has 0 amide bonds. The Morgan fingerprint density at radius 2 is 2.06 bits per heavy atom. The van der Waals surface area contributed by atoms with Crippen molar-refractivity contribution in [1.29, 1.82) is 5.26 Å². The molecule has 5 heteroatoms. The average molecular weight is 234 g/mol. The molecule has 1 fully saturated rings. The Balaban J connectivity index is 2.68. The minimum Gasteiger partial charge on any atom is -0.296 e.